The fourth-order valence-electron chi connectivity index (χ4n) is 5.98. The summed E-state index contributed by atoms with van der Waals surface area (Å²) in [6.07, 6.45) is 15.4. The molecule has 1 aliphatic carbocycles. The lowest BCUT2D eigenvalue weighted by atomic mass is 9.77. The van der Waals surface area contributed by atoms with Gasteiger partial charge in [0.05, 0.1) is 0 Å². The van der Waals surface area contributed by atoms with Gasteiger partial charge < -0.3 is 0 Å². The third-order valence-corrected chi connectivity index (χ3v) is 8.95. The van der Waals surface area contributed by atoms with Gasteiger partial charge in [0, 0.05) is 0 Å². The highest BCUT2D eigenvalue weighted by molar-refractivity contribution is 6.30. The topological polar surface area (TPSA) is 0 Å². The molecular formula is C35H42ClF3. The SMILES string of the molecule is CCCCCc1ccc(CC[C@H]2CC[C@H](CCc3ccc(CCc4cc(F)c(Cl)c(F)c4)c(F)c3)CC2)cc1. The lowest BCUT2D eigenvalue weighted by Crippen LogP contribution is -2.16. The summed E-state index contributed by atoms with van der Waals surface area (Å²) in [5.41, 5.74) is 5.01. The van der Waals surface area contributed by atoms with Crippen LogP contribution in [0.4, 0.5) is 13.2 Å². The molecule has 0 unspecified atom stereocenters. The van der Waals surface area contributed by atoms with Gasteiger partial charge in [0.2, 0.25) is 0 Å². The maximum atomic E-state index is 14.7. The minimum atomic E-state index is -0.778. The van der Waals surface area contributed by atoms with Gasteiger partial charge in [-0.2, -0.15) is 0 Å². The molecule has 39 heavy (non-hydrogen) atoms. The Balaban J connectivity index is 1.15. The van der Waals surface area contributed by atoms with E-state index in [4.69, 9.17) is 11.6 Å². The number of hydrogen-bond donors (Lipinski definition) is 0. The number of unbranched alkanes of at least 4 members (excludes halogenated alkanes) is 2. The summed E-state index contributed by atoms with van der Waals surface area (Å²) in [5, 5.41) is -0.499. The lowest BCUT2D eigenvalue weighted by molar-refractivity contribution is 0.253. The molecule has 0 aliphatic heterocycles. The van der Waals surface area contributed by atoms with Crippen molar-refractivity contribution >= 4 is 11.6 Å². The normalized spacial score (nSPS) is 17.5. The van der Waals surface area contributed by atoms with Crippen molar-refractivity contribution in [3.05, 3.63) is 105 Å². The Morgan fingerprint density at radius 2 is 1.10 bits per heavy atom. The second kappa shape index (κ2) is 14.9. The van der Waals surface area contributed by atoms with E-state index < -0.39 is 16.7 Å². The first-order valence-corrected chi connectivity index (χ1v) is 15.3. The molecule has 0 nitrogen and oxygen atoms in total. The Bertz CT molecular complexity index is 1160. The molecule has 210 valence electrons. The second-order valence-electron chi connectivity index (χ2n) is 11.5. The fourth-order valence-corrected chi connectivity index (χ4v) is 6.09. The van der Waals surface area contributed by atoms with Crippen molar-refractivity contribution in [3.63, 3.8) is 0 Å². The molecule has 0 heterocycles. The van der Waals surface area contributed by atoms with Gasteiger partial charge in [-0.15, -0.1) is 0 Å². The van der Waals surface area contributed by atoms with Crippen LogP contribution in [0.15, 0.2) is 54.6 Å². The molecule has 0 aromatic heterocycles. The highest BCUT2D eigenvalue weighted by Gasteiger charge is 2.21. The molecule has 1 aliphatic rings. The van der Waals surface area contributed by atoms with Gasteiger partial charge in [-0.3, -0.25) is 0 Å². The minimum Gasteiger partial charge on any atom is -0.207 e. The van der Waals surface area contributed by atoms with Gasteiger partial charge in [-0.05, 0) is 109 Å². The van der Waals surface area contributed by atoms with E-state index in [-0.39, 0.29) is 5.82 Å². The molecule has 0 amide bonds. The standard InChI is InChI=1S/C35H42ClF3/c1-2-3-4-5-25-6-8-26(9-7-25)10-11-27-12-14-28(15-13-27)16-17-29-18-20-31(32(37)22-29)21-19-30-23-33(38)35(36)34(39)24-30/h6-9,18,20,22-24,27-28H,2-5,10-17,19,21H2,1H3/t27-,28-. The molecule has 4 heteroatoms. The van der Waals surface area contributed by atoms with Gasteiger partial charge in [0.15, 0.2) is 0 Å². The van der Waals surface area contributed by atoms with Crippen molar-refractivity contribution < 1.29 is 13.2 Å². The van der Waals surface area contributed by atoms with Gasteiger partial charge in [0.1, 0.15) is 22.5 Å². The summed E-state index contributed by atoms with van der Waals surface area (Å²) in [6, 6.07) is 17.2. The molecule has 3 aromatic carbocycles. The highest BCUT2D eigenvalue weighted by atomic mass is 35.5. The van der Waals surface area contributed by atoms with Crippen LogP contribution in [-0.4, -0.2) is 0 Å². The zero-order valence-electron chi connectivity index (χ0n) is 23.3. The van der Waals surface area contributed by atoms with Crippen molar-refractivity contribution in [1.82, 2.24) is 0 Å². The Morgan fingerprint density at radius 1 is 0.590 bits per heavy atom. The van der Waals surface area contributed by atoms with Crippen molar-refractivity contribution in [2.24, 2.45) is 11.8 Å². The van der Waals surface area contributed by atoms with Crippen molar-refractivity contribution in [1.29, 1.82) is 0 Å². The number of hydrogen-bond acceptors (Lipinski definition) is 0. The van der Waals surface area contributed by atoms with Crippen LogP contribution >= 0.6 is 11.6 Å². The first-order chi connectivity index (χ1) is 18.9. The molecule has 1 fully saturated rings. The molecule has 3 aromatic rings. The summed E-state index contributed by atoms with van der Waals surface area (Å²) in [4.78, 5) is 0. The molecule has 0 N–H and O–H groups in total. The predicted molar refractivity (Wildman–Crippen MR) is 157 cm³/mol. The van der Waals surface area contributed by atoms with Crippen LogP contribution in [0.1, 0.15) is 92.5 Å². The van der Waals surface area contributed by atoms with E-state index in [0.29, 0.717) is 24.0 Å². The van der Waals surface area contributed by atoms with Crippen LogP contribution < -0.4 is 0 Å². The average Bonchev–Trinajstić information content (AvgIpc) is 2.94. The number of halogens is 4. The smallest absolute Gasteiger partial charge is 0.145 e. The van der Waals surface area contributed by atoms with Crippen LogP contribution in [0.25, 0.3) is 0 Å². The van der Waals surface area contributed by atoms with E-state index in [1.807, 2.05) is 12.1 Å². The summed E-state index contributed by atoms with van der Waals surface area (Å²) >= 11 is 5.55. The summed E-state index contributed by atoms with van der Waals surface area (Å²) in [7, 11) is 0. The number of benzene rings is 3. The zero-order chi connectivity index (χ0) is 27.6. The van der Waals surface area contributed by atoms with E-state index in [9.17, 15) is 13.2 Å². The Labute approximate surface area is 238 Å². The number of aryl methyl sites for hydroxylation is 5. The molecule has 0 radical (unpaired) electrons. The van der Waals surface area contributed by atoms with Gasteiger partial charge in [0.25, 0.3) is 0 Å². The summed E-state index contributed by atoms with van der Waals surface area (Å²) in [6.45, 7) is 2.25. The van der Waals surface area contributed by atoms with E-state index in [2.05, 4.69) is 31.2 Å². The Morgan fingerprint density at radius 3 is 1.67 bits per heavy atom. The van der Waals surface area contributed by atoms with Crippen LogP contribution in [0.3, 0.4) is 0 Å². The predicted octanol–water partition coefficient (Wildman–Crippen LogP) is 10.6. The van der Waals surface area contributed by atoms with Crippen molar-refractivity contribution in [2.45, 2.75) is 96.8 Å². The highest BCUT2D eigenvalue weighted by Crippen LogP contribution is 2.34. The maximum absolute atomic E-state index is 14.7. The minimum absolute atomic E-state index is 0.236. The molecule has 0 bridgehead atoms. The van der Waals surface area contributed by atoms with Gasteiger partial charge in [-0.1, -0.05) is 93.4 Å². The third kappa shape index (κ3) is 9.13. The van der Waals surface area contributed by atoms with Crippen LogP contribution in [0.5, 0.6) is 0 Å². The van der Waals surface area contributed by atoms with Crippen LogP contribution in [-0.2, 0) is 32.1 Å². The van der Waals surface area contributed by atoms with E-state index in [1.54, 1.807) is 6.07 Å². The van der Waals surface area contributed by atoms with E-state index in [0.717, 1.165) is 30.2 Å². The molecule has 0 saturated heterocycles. The van der Waals surface area contributed by atoms with Gasteiger partial charge in [-0.25, -0.2) is 13.2 Å². The fraction of sp³-hybridized carbons (Fsp3) is 0.486. The molecule has 4 rings (SSSR count). The summed E-state index contributed by atoms with van der Waals surface area (Å²) < 4.78 is 42.1. The number of rotatable bonds is 13. The van der Waals surface area contributed by atoms with Crippen molar-refractivity contribution in [2.75, 3.05) is 0 Å². The monoisotopic (exact) mass is 554 g/mol. The Kier molecular flexibility index (Phi) is 11.4. The van der Waals surface area contributed by atoms with E-state index >= 15 is 0 Å². The van der Waals surface area contributed by atoms with Crippen LogP contribution in [0.2, 0.25) is 5.02 Å². The second-order valence-corrected chi connectivity index (χ2v) is 11.9. The lowest BCUT2D eigenvalue weighted by Gasteiger charge is -2.28. The zero-order valence-corrected chi connectivity index (χ0v) is 24.0. The summed E-state index contributed by atoms with van der Waals surface area (Å²) in [5.74, 6) is -0.246. The first kappa shape index (κ1) is 29.7. The Hall–Kier alpha value is -2.26. The molecule has 0 spiro atoms. The molecular weight excluding hydrogens is 513 g/mol. The van der Waals surface area contributed by atoms with Gasteiger partial charge >= 0.3 is 0 Å². The average molecular weight is 555 g/mol. The largest absolute Gasteiger partial charge is 0.207 e. The van der Waals surface area contributed by atoms with E-state index in [1.165, 1.54) is 87.5 Å². The quantitative estimate of drug-likeness (QED) is 0.145. The third-order valence-electron chi connectivity index (χ3n) is 8.58. The first-order valence-electron chi connectivity index (χ1n) is 14.9. The van der Waals surface area contributed by atoms with Crippen molar-refractivity contribution in [3.8, 4) is 0 Å². The van der Waals surface area contributed by atoms with Crippen LogP contribution in [0, 0.1) is 29.3 Å². The maximum Gasteiger partial charge on any atom is 0.145 e. The molecule has 0 atom stereocenters. The molecule has 1 saturated carbocycles.